The van der Waals surface area contributed by atoms with Gasteiger partial charge in [-0.3, -0.25) is 4.99 Å². The molecule has 0 spiro atoms. The van der Waals surface area contributed by atoms with Crippen LogP contribution in [0.1, 0.15) is 12.5 Å². The van der Waals surface area contributed by atoms with Gasteiger partial charge in [0.15, 0.2) is 5.96 Å². The minimum absolute atomic E-state index is 0. The Morgan fingerprint density at radius 3 is 2.46 bits per heavy atom. The smallest absolute Gasteiger partial charge is 0.387 e. The topological polar surface area (TPSA) is 55.3 Å². The largest absolute Gasteiger partial charge is 0.435 e. The summed E-state index contributed by atoms with van der Waals surface area (Å²) >= 11 is 0. The Hall–Kier alpha value is -1.20. The van der Waals surface area contributed by atoms with Gasteiger partial charge < -0.3 is 24.4 Å². The van der Waals surface area contributed by atoms with E-state index in [1.165, 1.54) is 12.1 Å². The number of aliphatic imine (C=N–C) groups is 1. The molecular weight excluding hydrogens is 459 g/mol. The van der Waals surface area contributed by atoms with Crippen molar-refractivity contribution in [3.63, 3.8) is 0 Å². The summed E-state index contributed by atoms with van der Waals surface area (Å²) in [5, 5.41) is 3.21. The highest BCUT2D eigenvalue weighted by Gasteiger charge is 2.08. The average molecular weight is 487 g/mol. The summed E-state index contributed by atoms with van der Waals surface area (Å²) in [4.78, 5) is 6.47. The fourth-order valence-corrected chi connectivity index (χ4v) is 2.06. The van der Waals surface area contributed by atoms with Crippen LogP contribution in [0.3, 0.4) is 0 Å². The van der Waals surface area contributed by atoms with E-state index in [0.29, 0.717) is 32.9 Å². The molecule has 0 bridgehead atoms. The maximum absolute atomic E-state index is 12.2. The summed E-state index contributed by atoms with van der Waals surface area (Å²) in [6.45, 7) is 2.69. The number of nitrogens with zero attached hydrogens (tertiary/aromatic N) is 2. The fourth-order valence-electron chi connectivity index (χ4n) is 2.06. The first-order valence-electron chi connectivity index (χ1n) is 8.16. The standard InChI is InChI=1S/C17H27F2N3O3.HI/c1-4-20-17(21-9-10-24-12-11-23-3)22(2)13-14-5-7-15(8-6-14)25-16(18)19;/h5-8,16H,4,9-13H2,1-3H3,(H,20,21);1H. The third kappa shape index (κ3) is 10.7. The molecule has 9 heteroatoms. The number of ether oxygens (including phenoxy) is 3. The van der Waals surface area contributed by atoms with Gasteiger partial charge in [0.1, 0.15) is 5.75 Å². The normalized spacial score (nSPS) is 11.2. The molecule has 0 aliphatic carbocycles. The number of nitrogens with one attached hydrogen (secondary N) is 1. The number of hydrogen-bond acceptors (Lipinski definition) is 4. The van der Waals surface area contributed by atoms with Gasteiger partial charge in [0.2, 0.25) is 0 Å². The van der Waals surface area contributed by atoms with E-state index in [9.17, 15) is 8.78 Å². The van der Waals surface area contributed by atoms with Crippen LogP contribution in [0, 0.1) is 0 Å². The highest BCUT2D eigenvalue weighted by molar-refractivity contribution is 14.0. The van der Waals surface area contributed by atoms with E-state index in [4.69, 9.17) is 9.47 Å². The van der Waals surface area contributed by atoms with Crippen LogP contribution in [0.4, 0.5) is 8.78 Å². The van der Waals surface area contributed by atoms with Gasteiger partial charge in [0, 0.05) is 27.2 Å². The van der Waals surface area contributed by atoms with Crippen LogP contribution in [-0.4, -0.2) is 64.5 Å². The molecule has 0 aliphatic heterocycles. The van der Waals surface area contributed by atoms with E-state index < -0.39 is 6.61 Å². The zero-order valence-corrected chi connectivity index (χ0v) is 17.7. The molecule has 0 fully saturated rings. The van der Waals surface area contributed by atoms with E-state index in [2.05, 4.69) is 15.0 Å². The van der Waals surface area contributed by atoms with Gasteiger partial charge in [-0.15, -0.1) is 24.0 Å². The Morgan fingerprint density at radius 1 is 1.19 bits per heavy atom. The molecule has 0 heterocycles. The number of benzene rings is 1. The molecule has 1 aromatic rings. The molecule has 26 heavy (non-hydrogen) atoms. The monoisotopic (exact) mass is 487 g/mol. The van der Waals surface area contributed by atoms with Gasteiger partial charge in [0.25, 0.3) is 0 Å². The SMILES string of the molecule is CCNC(=NCCOCCOC)N(C)Cc1ccc(OC(F)F)cc1.I. The molecule has 6 nitrogen and oxygen atoms in total. The van der Waals surface area contributed by atoms with Crippen molar-refractivity contribution in [2.75, 3.05) is 47.1 Å². The van der Waals surface area contributed by atoms with E-state index >= 15 is 0 Å². The maximum atomic E-state index is 12.2. The average Bonchev–Trinajstić information content (AvgIpc) is 2.58. The van der Waals surface area contributed by atoms with Crippen molar-refractivity contribution >= 4 is 29.9 Å². The molecule has 0 aromatic heterocycles. The molecule has 0 radical (unpaired) electrons. The van der Waals surface area contributed by atoms with Gasteiger partial charge in [-0.2, -0.15) is 8.78 Å². The Bertz CT molecular complexity index is 505. The summed E-state index contributed by atoms with van der Waals surface area (Å²) in [6.07, 6.45) is 0. The lowest BCUT2D eigenvalue weighted by molar-refractivity contribution is -0.0498. The van der Waals surface area contributed by atoms with Crippen LogP contribution in [0.5, 0.6) is 5.75 Å². The van der Waals surface area contributed by atoms with Gasteiger partial charge >= 0.3 is 6.61 Å². The number of methoxy groups -OCH3 is 1. The molecule has 1 rings (SSSR count). The molecule has 1 N–H and O–H groups in total. The number of alkyl halides is 2. The third-order valence-electron chi connectivity index (χ3n) is 3.19. The quantitative estimate of drug-likeness (QED) is 0.225. The van der Waals surface area contributed by atoms with E-state index in [1.807, 2.05) is 18.9 Å². The third-order valence-corrected chi connectivity index (χ3v) is 3.19. The minimum Gasteiger partial charge on any atom is -0.435 e. The van der Waals surface area contributed by atoms with Crippen LogP contribution < -0.4 is 10.1 Å². The number of hydrogen-bond donors (Lipinski definition) is 1. The number of guanidine groups is 1. The van der Waals surface area contributed by atoms with Crippen molar-refractivity contribution in [2.45, 2.75) is 20.1 Å². The van der Waals surface area contributed by atoms with E-state index in [0.717, 1.165) is 18.1 Å². The Kier molecular flexibility index (Phi) is 14.2. The first kappa shape index (κ1) is 24.8. The van der Waals surface area contributed by atoms with Crippen molar-refractivity contribution in [1.82, 2.24) is 10.2 Å². The Morgan fingerprint density at radius 2 is 1.88 bits per heavy atom. The molecule has 1 aromatic carbocycles. The second-order valence-electron chi connectivity index (χ2n) is 5.22. The van der Waals surface area contributed by atoms with Gasteiger partial charge in [-0.1, -0.05) is 12.1 Å². The summed E-state index contributed by atoms with van der Waals surface area (Å²) in [5.74, 6) is 0.904. The molecule has 0 saturated carbocycles. The van der Waals surface area contributed by atoms with Crippen LogP contribution in [0.2, 0.25) is 0 Å². The summed E-state index contributed by atoms with van der Waals surface area (Å²) in [6, 6.07) is 6.57. The highest BCUT2D eigenvalue weighted by Crippen LogP contribution is 2.15. The predicted molar refractivity (Wildman–Crippen MR) is 109 cm³/mol. The number of halogens is 3. The molecular formula is C17H28F2IN3O3. The van der Waals surface area contributed by atoms with Gasteiger partial charge in [-0.05, 0) is 24.6 Å². The van der Waals surface area contributed by atoms with Crippen molar-refractivity contribution in [1.29, 1.82) is 0 Å². The first-order chi connectivity index (χ1) is 12.1. The zero-order valence-electron chi connectivity index (χ0n) is 15.4. The van der Waals surface area contributed by atoms with Gasteiger partial charge in [0.05, 0.1) is 26.4 Å². The second-order valence-corrected chi connectivity index (χ2v) is 5.22. The summed E-state index contributed by atoms with van der Waals surface area (Å²) in [5.41, 5.74) is 0.964. The van der Waals surface area contributed by atoms with E-state index in [-0.39, 0.29) is 29.7 Å². The van der Waals surface area contributed by atoms with Crippen molar-refractivity contribution < 1.29 is 23.0 Å². The van der Waals surface area contributed by atoms with Crippen LogP contribution >= 0.6 is 24.0 Å². The Balaban J connectivity index is 0.00000625. The van der Waals surface area contributed by atoms with Crippen molar-refractivity contribution in [3.8, 4) is 5.75 Å². The molecule has 0 atom stereocenters. The zero-order chi connectivity index (χ0) is 18.5. The summed E-state index contributed by atoms with van der Waals surface area (Å²) in [7, 11) is 3.54. The molecule has 0 aliphatic rings. The minimum atomic E-state index is -2.81. The highest BCUT2D eigenvalue weighted by atomic mass is 127. The summed E-state index contributed by atoms with van der Waals surface area (Å²) < 4.78 is 39.0. The fraction of sp³-hybridized carbons (Fsp3) is 0.588. The second kappa shape index (κ2) is 14.9. The van der Waals surface area contributed by atoms with Crippen LogP contribution in [-0.2, 0) is 16.0 Å². The van der Waals surface area contributed by atoms with E-state index in [1.54, 1.807) is 19.2 Å². The lowest BCUT2D eigenvalue weighted by Crippen LogP contribution is -2.38. The molecule has 0 amide bonds. The van der Waals surface area contributed by atoms with Crippen LogP contribution in [0.15, 0.2) is 29.3 Å². The number of rotatable bonds is 11. The lowest BCUT2D eigenvalue weighted by atomic mass is 10.2. The van der Waals surface area contributed by atoms with Gasteiger partial charge in [-0.25, -0.2) is 0 Å². The van der Waals surface area contributed by atoms with Crippen LogP contribution in [0.25, 0.3) is 0 Å². The molecule has 0 saturated heterocycles. The molecule has 0 unspecified atom stereocenters. The van der Waals surface area contributed by atoms with Crippen molar-refractivity contribution in [2.24, 2.45) is 4.99 Å². The Labute approximate surface area is 170 Å². The van der Waals surface area contributed by atoms with Crippen molar-refractivity contribution in [3.05, 3.63) is 29.8 Å². The lowest BCUT2D eigenvalue weighted by Gasteiger charge is -2.22. The maximum Gasteiger partial charge on any atom is 0.387 e. The molecule has 150 valence electrons. The predicted octanol–water partition coefficient (Wildman–Crippen LogP) is 2.97. The first-order valence-corrected chi connectivity index (χ1v) is 8.16.